The zero-order valence-corrected chi connectivity index (χ0v) is 13.2. The van der Waals surface area contributed by atoms with E-state index in [1.54, 1.807) is 0 Å². The van der Waals surface area contributed by atoms with Gasteiger partial charge in [0.05, 0.1) is 5.71 Å². The van der Waals surface area contributed by atoms with Crippen LogP contribution in [0.25, 0.3) is 0 Å². The molecule has 0 saturated carbocycles. The van der Waals surface area contributed by atoms with Crippen molar-refractivity contribution in [1.29, 1.82) is 0 Å². The van der Waals surface area contributed by atoms with Crippen molar-refractivity contribution in [3.63, 3.8) is 0 Å². The molecule has 2 aromatic rings. The first-order chi connectivity index (χ1) is 10.8. The maximum atomic E-state index is 6.29. The lowest BCUT2D eigenvalue weighted by Crippen LogP contribution is -2.14. The largest absolute Gasteiger partial charge is 0.232 e. The number of halogens is 1. The van der Waals surface area contributed by atoms with Gasteiger partial charge >= 0.3 is 0 Å². The molecule has 0 radical (unpaired) electrons. The summed E-state index contributed by atoms with van der Waals surface area (Å²) in [4.78, 5) is 9.32. The number of rotatable bonds is 3. The lowest BCUT2D eigenvalue weighted by Gasteiger charge is -2.13. The first kappa shape index (κ1) is 14.7. The van der Waals surface area contributed by atoms with Crippen LogP contribution in [-0.2, 0) is 0 Å². The smallest absolute Gasteiger partial charge is 0.161 e. The first-order valence-corrected chi connectivity index (χ1v) is 7.81. The van der Waals surface area contributed by atoms with Crippen molar-refractivity contribution in [2.24, 2.45) is 15.9 Å². The molecule has 3 rings (SSSR count). The van der Waals surface area contributed by atoms with Crippen LogP contribution < -0.4 is 0 Å². The van der Waals surface area contributed by atoms with E-state index in [1.165, 1.54) is 0 Å². The Labute approximate surface area is 135 Å². The number of allylic oxidation sites excluding steroid dienone is 1. The summed E-state index contributed by atoms with van der Waals surface area (Å²) in [6.07, 6.45) is 2.92. The number of amidine groups is 1. The maximum absolute atomic E-state index is 6.29. The number of nitrogens with zero attached hydrogens (tertiary/aromatic N) is 2. The van der Waals surface area contributed by atoms with Gasteiger partial charge in [0.25, 0.3) is 0 Å². The highest BCUT2D eigenvalue weighted by molar-refractivity contribution is 6.31. The average molecular weight is 309 g/mol. The zero-order chi connectivity index (χ0) is 15.4. The molecule has 1 unspecified atom stereocenters. The molecule has 22 heavy (non-hydrogen) atoms. The zero-order valence-electron chi connectivity index (χ0n) is 12.4. The summed E-state index contributed by atoms with van der Waals surface area (Å²) in [5, 5.41) is 0.500. The summed E-state index contributed by atoms with van der Waals surface area (Å²) in [5.74, 6) is 0.830. The average Bonchev–Trinajstić information content (AvgIpc) is 2.75. The molecule has 0 aromatic heterocycles. The van der Waals surface area contributed by atoms with Gasteiger partial charge in [0.2, 0.25) is 0 Å². The van der Waals surface area contributed by atoms with Crippen molar-refractivity contribution in [2.45, 2.75) is 13.3 Å². The van der Waals surface area contributed by atoms with Crippen LogP contribution in [0.5, 0.6) is 0 Å². The molecule has 1 atom stereocenters. The van der Waals surface area contributed by atoms with Gasteiger partial charge in [-0.25, -0.2) is 9.98 Å². The second-order valence-electron chi connectivity index (χ2n) is 5.17. The topological polar surface area (TPSA) is 24.7 Å². The molecular weight excluding hydrogens is 292 g/mol. The maximum Gasteiger partial charge on any atom is 0.161 e. The molecule has 0 fully saturated rings. The summed E-state index contributed by atoms with van der Waals surface area (Å²) in [5.41, 5.74) is 3.10. The van der Waals surface area contributed by atoms with E-state index in [0.717, 1.165) is 23.3 Å². The van der Waals surface area contributed by atoms with Crippen LogP contribution in [-0.4, -0.2) is 11.5 Å². The molecule has 0 amide bonds. The van der Waals surface area contributed by atoms with Crippen LogP contribution in [0.2, 0.25) is 0 Å². The van der Waals surface area contributed by atoms with Crippen LogP contribution in [0.1, 0.15) is 24.5 Å². The third-order valence-electron chi connectivity index (χ3n) is 3.67. The predicted octanol–water partition coefficient (Wildman–Crippen LogP) is 5.04. The van der Waals surface area contributed by atoms with E-state index in [0.29, 0.717) is 11.0 Å². The van der Waals surface area contributed by atoms with Crippen molar-refractivity contribution >= 4 is 23.1 Å². The van der Waals surface area contributed by atoms with Crippen molar-refractivity contribution < 1.29 is 0 Å². The molecule has 0 saturated heterocycles. The van der Waals surface area contributed by atoms with Gasteiger partial charge in [-0.2, -0.15) is 0 Å². The van der Waals surface area contributed by atoms with E-state index in [1.807, 2.05) is 54.6 Å². The molecule has 2 aromatic carbocycles. The summed E-state index contributed by atoms with van der Waals surface area (Å²) in [6, 6.07) is 20.2. The molecule has 0 aliphatic carbocycles. The summed E-state index contributed by atoms with van der Waals surface area (Å²) in [7, 11) is 0. The van der Waals surface area contributed by atoms with Gasteiger partial charge in [-0.1, -0.05) is 79.2 Å². The Morgan fingerprint density at radius 3 is 2.05 bits per heavy atom. The van der Waals surface area contributed by atoms with Gasteiger partial charge in [0.1, 0.15) is 5.16 Å². The third kappa shape index (κ3) is 3.18. The molecule has 1 heterocycles. The highest BCUT2D eigenvalue weighted by Crippen LogP contribution is 2.23. The Morgan fingerprint density at radius 2 is 1.45 bits per heavy atom. The molecule has 0 bridgehead atoms. The van der Waals surface area contributed by atoms with E-state index < -0.39 is 0 Å². The number of aliphatic imine (C=N–C) groups is 2. The molecule has 110 valence electrons. The van der Waals surface area contributed by atoms with Gasteiger partial charge in [-0.05, 0) is 18.1 Å². The number of hydrogen-bond donors (Lipinski definition) is 0. The monoisotopic (exact) mass is 308 g/mol. The minimum Gasteiger partial charge on any atom is -0.232 e. The minimum absolute atomic E-state index is 0.167. The van der Waals surface area contributed by atoms with Crippen LogP contribution in [0, 0.1) is 5.92 Å². The quantitative estimate of drug-likeness (QED) is 0.709. The van der Waals surface area contributed by atoms with Crippen LogP contribution in [0.4, 0.5) is 0 Å². The Hall–Kier alpha value is -2.19. The second kappa shape index (κ2) is 6.71. The molecule has 0 N–H and O–H groups in total. The van der Waals surface area contributed by atoms with Gasteiger partial charge in [-0.15, -0.1) is 0 Å². The Bertz CT molecular complexity index is 731. The van der Waals surface area contributed by atoms with Crippen LogP contribution in [0.15, 0.2) is 81.9 Å². The number of hydrogen-bond acceptors (Lipinski definition) is 2. The van der Waals surface area contributed by atoms with E-state index in [9.17, 15) is 0 Å². The van der Waals surface area contributed by atoms with Crippen molar-refractivity contribution in [1.82, 2.24) is 0 Å². The standard InChI is InChI=1S/C19H17ClN2/c1-2-14-13-17(20)21-19(16-11-7-4-8-12-16)22-18(14)15-9-5-3-6-10-15/h3-14H,2H2,1H3. The van der Waals surface area contributed by atoms with Gasteiger partial charge in [0, 0.05) is 11.5 Å². The third-order valence-corrected chi connectivity index (χ3v) is 3.88. The van der Waals surface area contributed by atoms with Crippen LogP contribution in [0.3, 0.4) is 0 Å². The summed E-state index contributed by atoms with van der Waals surface area (Å²) in [6.45, 7) is 2.14. The summed E-state index contributed by atoms with van der Waals surface area (Å²) >= 11 is 6.29. The fourth-order valence-electron chi connectivity index (χ4n) is 2.52. The normalized spacial score (nSPS) is 18.1. The molecule has 1 aliphatic rings. The lowest BCUT2D eigenvalue weighted by molar-refractivity contribution is 0.815. The van der Waals surface area contributed by atoms with Crippen LogP contribution >= 0.6 is 11.6 Å². The highest BCUT2D eigenvalue weighted by atomic mass is 35.5. The van der Waals surface area contributed by atoms with Gasteiger partial charge in [-0.3, -0.25) is 0 Å². The lowest BCUT2D eigenvalue weighted by atomic mass is 9.94. The second-order valence-corrected chi connectivity index (χ2v) is 5.56. The van der Waals surface area contributed by atoms with Crippen molar-refractivity contribution in [2.75, 3.05) is 0 Å². The van der Waals surface area contributed by atoms with E-state index in [2.05, 4.69) is 24.0 Å². The SMILES string of the molecule is CCC1C=C(Cl)N=C(c2ccccc2)N=C1c1ccccc1. The van der Waals surface area contributed by atoms with Gasteiger partial charge in [0.15, 0.2) is 5.84 Å². The molecular formula is C19H17ClN2. The fraction of sp³-hybridized carbons (Fsp3) is 0.158. The van der Waals surface area contributed by atoms with E-state index >= 15 is 0 Å². The van der Waals surface area contributed by atoms with Crippen molar-refractivity contribution in [3.05, 3.63) is 83.0 Å². The number of benzene rings is 2. The van der Waals surface area contributed by atoms with E-state index in [4.69, 9.17) is 16.6 Å². The molecule has 3 heteroatoms. The first-order valence-electron chi connectivity index (χ1n) is 7.43. The predicted molar refractivity (Wildman–Crippen MR) is 93.7 cm³/mol. The van der Waals surface area contributed by atoms with Gasteiger partial charge < -0.3 is 0 Å². The van der Waals surface area contributed by atoms with Crippen molar-refractivity contribution in [3.8, 4) is 0 Å². The van der Waals surface area contributed by atoms with E-state index in [-0.39, 0.29) is 5.92 Å². The molecule has 0 spiro atoms. The Balaban J connectivity index is 2.13. The Kier molecular flexibility index (Phi) is 4.50. The minimum atomic E-state index is 0.167. The fourth-order valence-corrected chi connectivity index (χ4v) is 2.75. The molecule has 1 aliphatic heterocycles. The summed E-state index contributed by atoms with van der Waals surface area (Å²) < 4.78 is 0. The Morgan fingerprint density at radius 1 is 0.864 bits per heavy atom. The molecule has 2 nitrogen and oxygen atoms in total. The highest BCUT2D eigenvalue weighted by Gasteiger charge is 2.19.